The van der Waals surface area contributed by atoms with Gasteiger partial charge in [-0.15, -0.1) is 0 Å². The number of hydrogen-bond acceptors (Lipinski definition) is 8. The molecule has 0 aliphatic carbocycles. The highest BCUT2D eigenvalue weighted by molar-refractivity contribution is 5.94. The van der Waals surface area contributed by atoms with E-state index in [2.05, 4.69) is 10.2 Å². The lowest BCUT2D eigenvalue weighted by Crippen LogP contribution is -2.17. The van der Waals surface area contributed by atoms with Gasteiger partial charge in [0.1, 0.15) is 12.6 Å². The standard InChI is InChI=1S/C17H22N2O6/c1-4-24-16(21)10-9-13(11-25-12(2)20)18-19-15-8-6-5-7-14(15)17(22)23-3/h5-8,13H,4,9-11H2,1-3H3. The maximum absolute atomic E-state index is 11.7. The lowest BCUT2D eigenvalue weighted by molar-refractivity contribution is -0.143. The SMILES string of the molecule is CCOC(=O)CCC(COC(C)=O)N=Nc1ccccc1C(=O)OC. The molecule has 0 spiro atoms. The Bertz CT molecular complexity index is 629. The third-order valence-corrected chi connectivity index (χ3v) is 3.10. The molecule has 0 amide bonds. The summed E-state index contributed by atoms with van der Waals surface area (Å²) in [5.41, 5.74) is 0.601. The van der Waals surface area contributed by atoms with Gasteiger partial charge in [-0.3, -0.25) is 9.59 Å². The number of benzene rings is 1. The average Bonchev–Trinajstić information content (AvgIpc) is 2.60. The van der Waals surface area contributed by atoms with Crippen LogP contribution >= 0.6 is 0 Å². The Labute approximate surface area is 146 Å². The van der Waals surface area contributed by atoms with E-state index < -0.39 is 18.0 Å². The number of nitrogens with zero attached hydrogens (tertiary/aromatic N) is 2. The van der Waals surface area contributed by atoms with E-state index in [1.54, 1.807) is 31.2 Å². The van der Waals surface area contributed by atoms with E-state index in [0.717, 1.165) is 0 Å². The monoisotopic (exact) mass is 350 g/mol. The minimum Gasteiger partial charge on any atom is -0.466 e. The maximum Gasteiger partial charge on any atom is 0.340 e. The molecular weight excluding hydrogens is 328 g/mol. The highest BCUT2D eigenvalue weighted by Crippen LogP contribution is 2.21. The van der Waals surface area contributed by atoms with Crippen LogP contribution in [0.5, 0.6) is 0 Å². The van der Waals surface area contributed by atoms with Gasteiger partial charge in [-0.05, 0) is 25.5 Å². The fourth-order valence-corrected chi connectivity index (χ4v) is 1.89. The topological polar surface area (TPSA) is 104 Å². The lowest BCUT2D eigenvalue weighted by Gasteiger charge is -2.11. The van der Waals surface area contributed by atoms with Gasteiger partial charge in [0.25, 0.3) is 0 Å². The number of ether oxygens (including phenoxy) is 3. The molecule has 1 aromatic rings. The first kappa shape index (κ1) is 20.3. The summed E-state index contributed by atoms with van der Waals surface area (Å²) >= 11 is 0. The van der Waals surface area contributed by atoms with Gasteiger partial charge >= 0.3 is 17.9 Å². The van der Waals surface area contributed by atoms with Gasteiger partial charge in [0.15, 0.2) is 0 Å². The molecule has 1 aromatic carbocycles. The molecule has 1 atom stereocenters. The summed E-state index contributed by atoms with van der Waals surface area (Å²) in [6.45, 7) is 3.28. The Balaban J connectivity index is 2.85. The molecule has 25 heavy (non-hydrogen) atoms. The number of esters is 3. The molecular formula is C17H22N2O6. The molecule has 136 valence electrons. The zero-order valence-corrected chi connectivity index (χ0v) is 14.6. The molecule has 0 saturated carbocycles. The van der Waals surface area contributed by atoms with Crippen LogP contribution in [0.4, 0.5) is 5.69 Å². The molecule has 0 N–H and O–H groups in total. The fraction of sp³-hybridized carbons (Fsp3) is 0.471. The Morgan fingerprint density at radius 3 is 2.52 bits per heavy atom. The van der Waals surface area contributed by atoms with Crippen molar-refractivity contribution in [2.45, 2.75) is 32.7 Å². The summed E-state index contributed by atoms with van der Waals surface area (Å²) in [7, 11) is 1.28. The number of carbonyl (C=O) groups is 3. The molecule has 0 aliphatic rings. The van der Waals surface area contributed by atoms with Crippen LogP contribution in [-0.2, 0) is 23.8 Å². The van der Waals surface area contributed by atoms with Crippen LogP contribution in [0.15, 0.2) is 34.5 Å². The van der Waals surface area contributed by atoms with Crippen LogP contribution in [0, 0.1) is 0 Å². The lowest BCUT2D eigenvalue weighted by atomic mass is 10.2. The summed E-state index contributed by atoms with van der Waals surface area (Å²) in [4.78, 5) is 34.2. The second-order valence-corrected chi connectivity index (χ2v) is 5.02. The quantitative estimate of drug-likeness (QED) is 0.385. The first-order valence-corrected chi connectivity index (χ1v) is 7.85. The normalized spacial score (nSPS) is 11.8. The molecule has 0 heterocycles. The van der Waals surface area contributed by atoms with Crippen LogP contribution in [0.1, 0.15) is 37.0 Å². The summed E-state index contributed by atoms with van der Waals surface area (Å²) in [6, 6.07) is 6.05. The minimum absolute atomic E-state index is 0.0152. The Morgan fingerprint density at radius 1 is 1.16 bits per heavy atom. The second-order valence-electron chi connectivity index (χ2n) is 5.02. The van der Waals surface area contributed by atoms with Gasteiger partial charge < -0.3 is 14.2 Å². The van der Waals surface area contributed by atoms with Crippen molar-refractivity contribution in [2.24, 2.45) is 10.2 Å². The molecule has 0 saturated heterocycles. The van der Waals surface area contributed by atoms with Gasteiger partial charge in [-0.2, -0.15) is 10.2 Å². The molecule has 0 bridgehead atoms. The summed E-state index contributed by atoms with van der Waals surface area (Å²) < 4.78 is 14.5. The number of rotatable bonds is 9. The van der Waals surface area contributed by atoms with Gasteiger partial charge in [-0.1, -0.05) is 12.1 Å². The fourth-order valence-electron chi connectivity index (χ4n) is 1.89. The third kappa shape index (κ3) is 7.56. The summed E-state index contributed by atoms with van der Waals surface area (Å²) in [6.07, 6.45) is 0.424. The molecule has 0 fully saturated rings. The predicted octanol–water partition coefficient (Wildman–Crippen LogP) is 2.83. The summed E-state index contributed by atoms with van der Waals surface area (Å²) in [5.74, 6) is -1.34. The molecule has 0 aromatic heterocycles. The molecule has 0 aliphatic heterocycles. The van der Waals surface area contributed by atoms with Crippen LogP contribution < -0.4 is 0 Å². The molecule has 0 radical (unpaired) electrons. The van der Waals surface area contributed by atoms with E-state index in [-0.39, 0.29) is 24.6 Å². The van der Waals surface area contributed by atoms with Crippen LogP contribution in [0.25, 0.3) is 0 Å². The van der Waals surface area contributed by atoms with Gasteiger partial charge in [0.2, 0.25) is 0 Å². The van der Waals surface area contributed by atoms with Crippen LogP contribution in [-0.4, -0.2) is 44.3 Å². The van der Waals surface area contributed by atoms with Crippen molar-refractivity contribution >= 4 is 23.6 Å². The first-order valence-electron chi connectivity index (χ1n) is 7.85. The first-order chi connectivity index (χ1) is 12.0. The van der Waals surface area contributed by atoms with Gasteiger partial charge in [0, 0.05) is 13.3 Å². The van der Waals surface area contributed by atoms with Crippen LogP contribution in [0.2, 0.25) is 0 Å². The van der Waals surface area contributed by atoms with Crippen molar-refractivity contribution in [3.05, 3.63) is 29.8 Å². The summed E-state index contributed by atoms with van der Waals surface area (Å²) in [5, 5.41) is 8.17. The zero-order chi connectivity index (χ0) is 18.7. The van der Waals surface area contributed by atoms with E-state index in [0.29, 0.717) is 18.7 Å². The van der Waals surface area contributed by atoms with E-state index >= 15 is 0 Å². The second kappa shape index (κ2) is 10.9. The van der Waals surface area contributed by atoms with Crippen molar-refractivity contribution in [1.29, 1.82) is 0 Å². The van der Waals surface area contributed by atoms with Gasteiger partial charge in [0.05, 0.1) is 25.0 Å². The number of methoxy groups -OCH3 is 1. The highest BCUT2D eigenvalue weighted by atomic mass is 16.5. The molecule has 1 unspecified atom stereocenters. The van der Waals surface area contributed by atoms with Crippen molar-refractivity contribution in [1.82, 2.24) is 0 Å². The van der Waals surface area contributed by atoms with Crippen molar-refractivity contribution in [3.8, 4) is 0 Å². The largest absolute Gasteiger partial charge is 0.466 e. The van der Waals surface area contributed by atoms with Crippen molar-refractivity contribution in [2.75, 3.05) is 20.3 Å². The number of carbonyl (C=O) groups excluding carboxylic acids is 3. The van der Waals surface area contributed by atoms with Crippen molar-refractivity contribution in [3.63, 3.8) is 0 Å². The Morgan fingerprint density at radius 2 is 1.88 bits per heavy atom. The van der Waals surface area contributed by atoms with E-state index in [1.165, 1.54) is 14.0 Å². The van der Waals surface area contributed by atoms with E-state index in [4.69, 9.17) is 14.2 Å². The van der Waals surface area contributed by atoms with Gasteiger partial charge in [-0.25, -0.2) is 4.79 Å². The molecule has 8 heteroatoms. The average molecular weight is 350 g/mol. The van der Waals surface area contributed by atoms with E-state index in [1.807, 2.05) is 0 Å². The van der Waals surface area contributed by atoms with E-state index in [9.17, 15) is 14.4 Å². The number of hydrogen-bond donors (Lipinski definition) is 0. The zero-order valence-electron chi connectivity index (χ0n) is 14.6. The smallest absolute Gasteiger partial charge is 0.340 e. The Hall–Kier alpha value is -2.77. The van der Waals surface area contributed by atoms with Crippen molar-refractivity contribution < 1.29 is 28.6 Å². The predicted molar refractivity (Wildman–Crippen MR) is 88.6 cm³/mol. The molecule has 1 rings (SSSR count). The Kier molecular flexibility index (Phi) is 8.84. The highest BCUT2D eigenvalue weighted by Gasteiger charge is 2.15. The minimum atomic E-state index is -0.530. The third-order valence-electron chi connectivity index (χ3n) is 3.10. The van der Waals surface area contributed by atoms with Crippen LogP contribution in [0.3, 0.4) is 0 Å². The maximum atomic E-state index is 11.7. The number of azo groups is 1. The molecule has 8 nitrogen and oxygen atoms in total.